The van der Waals surface area contributed by atoms with Crippen LogP contribution in [0.5, 0.6) is 11.5 Å². The first kappa shape index (κ1) is 25.2. The second-order valence-electron chi connectivity index (χ2n) is 8.19. The van der Waals surface area contributed by atoms with Crippen molar-refractivity contribution in [2.45, 2.75) is 45.2 Å². The number of hydrogen-bond acceptors (Lipinski definition) is 6. The SMILES string of the molecule is CCOC(=O)N1c2cc(OC)c(OC)cc2C(N(CCCc2ccccc2)C(=O)OC)CC1C. The average molecular weight is 471 g/mol. The van der Waals surface area contributed by atoms with Crippen molar-refractivity contribution in [3.63, 3.8) is 0 Å². The molecule has 184 valence electrons. The fraction of sp³-hybridized carbons (Fsp3) is 0.462. The summed E-state index contributed by atoms with van der Waals surface area (Å²) in [5.41, 5.74) is 2.63. The van der Waals surface area contributed by atoms with Crippen LogP contribution >= 0.6 is 0 Å². The van der Waals surface area contributed by atoms with Gasteiger partial charge in [0.15, 0.2) is 11.5 Å². The van der Waals surface area contributed by atoms with Gasteiger partial charge in [0.1, 0.15) is 0 Å². The topological polar surface area (TPSA) is 77.5 Å². The van der Waals surface area contributed by atoms with Crippen molar-refractivity contribution in [2.75, 3.05) is 39.4 Å². The van der Waals surface area contributed by atoms with E-state index in [1.165, 1.54) is 12.7 Å². The summed E-state index contributed by atoms with van der Waals surface area (Å²) in [5, 5.41) is 0. The molecule has 0 fully saturated rings. The van der Waals surface area contributed by atoms with Gasteiger partial charge in [-0.3, -0.25) is 4.90 Å². The molecule has 1 aliphatic heterocycles. The Morgan fingerprint density at radius 2 is 1.74 bits per heavy atom. The van der Waals surface area contributed by atoms with Crippen LogP contribution in [0.25, 0.3) is 0 Å². The highest BCUT2D eigenvalue weighted by Gasteiger charge is 2.40. The number of fused-ring (bicyclic) bond motifs is 1. The van der Waals surface area contributed by atoms with Gasteiger partial charge in [0.05, 0.1) is 39.7 Å². The summed E-state index contributed by atoms with van der Waals surface area (Å²) in [6.45, 7) is 4.49. The quantitative estimate of drug-likeness (QED) is 0.528. The van der Waals surface area contributed by atoms with Crippen molar-refractivity contribution in [2.24, 2.45) is 0 Å². The number of amides is 2. The Kier molecular flexibility index (Phi) is 8.62. The monoisotopic (exact) mass is 470 g/mol. The summed E-state index contributed by atoms with van der Waals surface area (Å²) in [7, 11) is 4.50. The number of carbonyl (C=O) groups excluding carboxylic acids is 2. The maximum Gasteiger partial charge on any atom is 0.414 e. The molecule has 0 bridgehead atoms. The third-order valence-corrected chi connectivity index (χ3v) is 6.11. The maximum atomic E-state index is 12.9. The van der Waals surface area contributed by atoms with E-state index in [2.05, 4.69) is 12.1 Å². The normalized spacial score (nSPS) is 16.9. The van der Waals surface area contributed by atoms with Crippen LogP contribution in [0.4, 0.5) is 15.3 Å². The first-order valence-corrected chi connectivity index (χ1v) is 11.6. The van der Waals surface area contributed by atoms with Crippen molar-refractivity contribution in [3.05, 3.63) is 53.6 Å². The molecule has 0 aromatic heterocycles. The molecule has 0 N–H and O–H groups in total. The number of carbonyl (C=O) groups is 2. The van der Waals surface area contributed by atoms with E-state index < -0.39 is 12.2 Å². The van der Waals surface area contributed by atoms with Crippen LogP contribution in [0.1, 0.15) is 43.9 Å². The van der Waals surface area contributed by atoms with Crippen LogP contribution < -0.4 is 14.4 Å². The van der Waals surface area contributed by atoms with Crippen LogP contribution in [-0.4, -0.2) is 57.6 Å². The summed E-state index contributed by atoms with van der Waals surface area (Å²) in [4.78, 5) is 29.1. The smallest absolute Gasteiger partial charge is 0.414 e. The highest BCUT2D eigenvalue weighted by atomic mass is 16.6. The van der Waals surface area contributed by atoms with Crippen molar-refractivity contribution in [3.8, 4) is 11.5 Å². The fourth-order valence-corrected chi connectivity index (χ4v) is 4.51. The molecule has 8 heteroatoms. The van der Waals surface area contributed by atoms with Gasteiger partial charge in [0.2, 0.25) is 0 Å². The highest BCUT2D eigenvalue weighted by molar-refractivity contribution is 5.91. The molecule has 2 amide bonds. The molecule has 2 unspecified atom stereocenters. The first-order chi connectivity index (χ1) is 16.4. The molecule has 0 aliphatic carbocycles. The molecule has 0 spiro atoms. The zero-order chi connectivity index (χ0) is 24.7. The number of rotatable bonds is 8. The first-order valence-electron chi connectivity index (χ1n) is 11.6. The Hall–Kier alpha value is -3.42. The summed E-state index contributed by atoms with van der Waals surface area (Å²) < 4.78 is 21.5. The Morgan fingerprint density at radius 3 is 2.35 bits per heavy atom. The summed E-state index contributed by atoms with van der Waals surface area (Å²) in [6, 6.07) is 13.3. The van der Waals surface area contributed by atoms with Gasteiger partial charge >= 0.3 is 12.2 Å². The van der Waals surface area contributed by atoms with Crippen molar-refractivity contribution < 1.29 is 28.5 Å². The summed E-state index contributed by atoms with van der Waals surface area (Å²) in [5.74, 6) is 1.02. The molecular weight excluding hydrogens is 436 g/mol. The van der Waals surface area contributed by atoms with Crippen LogP contribution in [0.2, 0.25) is 0 Å². The Bertz CT molecular complexity index is 981. The van der Waals surface area contributed by atoms with Crippen molar-refractivity contribution in [1.29, 1.82) is 0 Å². The second-order valence-corrected chi connectivity index (χ2v) is 8.19. The number of aryl methyl sites for hydroxylation is 1. The molecule has 2 aromatic carbocycles. The molecule has 0 saturated carbocycles. The van der Waals surface area contributed by atoms with Gasteiger partial charge in [-0.2, -0.15) is 0 Å². The third kappa shape index (κ3) is 5.38. The minimum Gasteiger partial charge on any atom is -0.493 e. The fourth-order valence-electron chi connectivity index (χ4n) is 4.51. The Morgan fingerprint density at radius 1 is 1.06 bits per heavy atom. The lowest BCUT2D eigenvalue weighted by Gasteiger charge is -2.42. The van der Waals surface area contributed by atoms with Crippen molar-refractivity contribution in [1.82, 2.24) is 4.90 Å². The minimum absolute atomic E-state index is 0.212. The van der Waals surface area contributed by atoms with E-state index in [-0.39, 0.29) is 18.7 Å². The van der Waals surface area contributed by atoms with E-state index in [4.69, 9.17) is 18.9 Å². The largest absolute Gasteiger partial charge is 0.493 e. The van der Waals surface area contributed by atoms with Crippen LogP contribution in [0.15, 0.2) is 42.5 Å². The number of methoxy groups -OCH3 is 3. The lowest BCUT2D eigenvalue weighted by Crippen LogP contribution is -2.48. The number of hydrogen-bond donors (Lipinski definition) is 0. The number of benzene rings is 2. The molecule has 0 saturated heterocycles. The molecule has 34 heavy (non-hydrogen) atoms. The average Bonchev–Trinajstić information content (AvgIpc) is 2.85. The van der Waals surface area contributed by atoms with Gasteiger partial charge in [-0.15, -0.1) is 0 Å². The number of nitrogens with zero attached hydrogens (tertiary/aromatic N) is 2. The molecule has 8 nitrogen and oxygen atoms in total. The Balaban J connectivity index is 1.99. The zero-order valence-electron chi connectivity index (χ0n) is 20.6. The summed E-state index contributed by atoms with van der Waals surface area (Å²) in [6.07, 6.45) is 1.30. The van der Waals surface area contributed by atoms with Crippen LogP contribution in [-0.2, 0) is 15.9 Å². The highest BCUT2D eigenvalue weighted by Crippen LogP contribution is 2.46. The van der Waals surface area contributed by atoms with Gasteiger partial charge in [-0.25, -0.2) is 9.59 Å². The molecule has 0 radical (unpaired) electrons. The van der Waals surface area contributed by atoms with E-state index in [0.29, 0.717) is 30.2 Å². The van der Waals surface area contributed by atoms with E-state index in [1.54, 1.807) is 37.0 Å². The van der Waals surface area contributed by atoms with E-state index in [1.807, 2.05) is 31.2 Å². The lowest BCUT2D eigenvalue weighted by atomic mass is 9.90. The predicted molar refractivity (Wildman–Crippen MR) is 130 cm³/mol. The number of anilines is 1. The van der Waals surface area contributed by atoms with Crippen LogP contribution in [0, 0.1) is 0 Å². The lowest BCUT2D eigenvalue weighted by molar-refractivity contribution is 0.0972. The van der Waals surface area contributed by atoms with Gasteiger partial charge < -0.3 is 23.8 Å². The minimum atomic E-state index is -0.435. The van der Waals surface area contributed by atoms with E-state index in [0.717, 1.165) is 18.4 Å². The molecular formula is C26H34N2O6. The molecule has 1 heterocycles. The maximum absolute atomic E-state index is 12.9. The molecule has 3 rings (SSSR count). The molecule has 2 aromatic rings. The summed E-state index contributed by atoms with van der Waals surface area (Å²) >= 11 is 0. The number of ether oxygens (including phenoxy) is 4. The predicted octanol–water partition coefficient (Wildman–Crippen LogP) is 5.20. The van der Waals surface area contributed by atoms with Crippen molar-refractivity contribution >= 4 is 17.9 Å². The zero-order valence-corrected chi connectivity index (χ0v) is 20.6. The van der Waals surface area contributed by atoms with Gasteiger partial charge in [0, 0.05) is 24.2 Å². The van der Waals surface area contributed by atoms with E-state index in [9.17, 15) is 9.59 Å². The van der Waals surface area contributed by atoms with Gasteiger partial charge in [0.25, 0.3) is 0 Å². The standard InChI is InChI=1S/C26H34N2O6/c1-6-34-26(30)28-18(2)15-21(20-16-23(31-3)24(32-4)17-22(20)28)27(25(29)33-5)14-10-13-19-11-8-7-9-12-19/h7-9,11-12,16-18,21H,6,10,13-15H2,1-5H3. The van der Waals surface area contributed by atoms with Gasteiger partial charge in [-0.05, 0) is 44.7 Å². The van der Waals surface area contributed by atoms with E-state index >= 15 is 0 Å². The third-order valence-electron chi connectivity index (χ3n) is 6.11. The molecule has 2 atom stereocenters. The Labute approximate surface area is 201 Å². The van der Waals surface area contributed by atoms with Gasteiger partial charge in [-0.1, -0.05) is 30.3 Å². The van der Waals surface area contributed by atoms with Crippen LogP contribution in [0.3, 0.4) is 0 Å². The second kappa shape index (κ2) is 11.6. The molecule has 1 aliphatic rings.